The summed E-state index contributed by atoms with van der Waals surface area (Å²) in [4.78, 5) is 8.44. The summed E-state index contributed by atoms with van der Waals surface area (Å²) >= 11 is 0. The van der Waals surface area contributed by atoms with E-state index in [9.17, 15) is 0 Å². The molecule has 0 radical (unpaired) electrons. The van der Waals surface area contributed by atoms with Crippen LogP contribution in [0.4, 0.5) is 0 Å². The Kier molecular flexibility index (Phi) is 2.63. The molecular weight excluding hydrogens is 178 g/mol. The molecule has 14 heavy (non-hydrogen) atoms. The molecule has 1 atom stereocenters. The zero-order valence-electron chi connectivity index (χ0n) is 8.58. The van der Waals surface area contributed by atoms with Crippen molar-refractivity contribution >= 4 is 0 Å². The highest BCUT2D eigenvalue weighted by Crippen LogP contribution is 2.24. The number of rotatable bonds is 2. The van der Waals surface area contributed by atoms with Gasteiger partial charge in [-0.25, -0.2) is 4.98 Å². The van der Waals surface area contributed by atoms with E-state index in [1.54, 1.807) is 7.11 Å². The van der Waals surface area contributed by atoms with E-state index in [0.717, 1.165) is 24.2 Å². The Hall–Kier alpha value is -1.16. The lowest BCUT2D eigenvalue weighted by atomic mass is 10.1. The van der Waals surface area contributed by atoms with Crippen molar-refractivity contribution in [3.8, 4) is 6.01 Å². The molecule has 4 heteroatoms. The Balaban J connectivity index is 2.29. The van der Waals surface area contributed by atoms with Crippen molar-refractivity contribution in [3.63, 3.8) is 0 Å². The van der Waals surface area contributed by atoms with Crippen molar-refractivity contribution in [3.05, 3.63) is 17.5 Å². The molecule has 0 aromatic carbocycles. The number of hydrogen-bond acceptors (Lipinski definition) is 4. The van der Waals surface area contributed by atoms with Crippen LogP contribution in [0.25, 0.3) is 0 Å². The molecule has 1 aromatic heterocycles. The second-order valence-corrected chi connectivity index (χ2v) is 3.57. The first kappa shape index (κ1) is 9.40. The Morgan fingerprint density at radius 3 is 3.07 bits per heavy atom. The number of nitrogens with one attached hydrogen (secondary N) is 1. The fourth-order valence-corrected chi connectivity index (χ4v) is 1.81. The molecule has 76 valence electrons. The number of nitrogens with zero attached hydrogens (tertiary/aromatic N) is 2. The van der Waals surface area contributed by atoms with Crippen molar-refractivity contribution in [1.29, 1.82) is 0 Å². The van der Waals surface area contributed by atoms with Crippen molar-refractivity contribution in [2.24, 2.45) is 0 Å². The van der Waals surface area contributed by atoms with Crippen molar-refractivity contribution in [2.75, 3.05) is 13.7 Å². The molecule has 1 aromatic rings. The van der Waals surface area contributed by atoms with Gasteiger partial charge < -0.3 is 10.1 Å². The van der Waals surface area contributed by atoms with Gasteiger partial charge in [-0.2, -0.15) is 4.98 Å². The van der Waals surface area contributed by atoms with E-state index in [4.69, 9.17) is 4.74 Å². The maximum Gasteiger partial charge on any atom is 0.316 e. The molecule has 0 bridgehead atoms. The molecule has 4 nitrogen and oxygen atoms in total. The lowest BCUT2D eigenvalue weighted by Crippen LogP contribution is -2.16. The van der Waals surface area contributed by atoms with E-state index in [1.165, 1.54) is 6.42 Å². The van der Waals surface area contributed by atoms with E-state index in [0.29, 0.717) is 12.1 Å². The van der Waals surface area contributed by atoms with E-state index in [2.05, 4.69) is 15.3 Å². The average Bonchev–Trinajstić information content (AvgIpc) is 2.71. The van der Waals surface area contributed by atoms with E-state index < -0.39 is 0 Å². The van der Waals surface area contributed by atoms with Crippen LogP contribution in [0.2, 0.25) is 0 Å². The summed E-state index contributed by atoms with van der Waals surface area (Å²) in [5, 5.41) is 3.42. The minimum Gasteiger partial charge on any atom is -0.467 e. The van der Waals surface area contributed by atoms with Gasteiger partial charge in [0.15, 0.2) is 0 Å². The third kappa shape index (κ3) is 1.70. The minimum absolute atomic E-state index is 0.381. The zero-order chi connectivity index (χ0) is 9.97. The lowest BCUT2D eigenvalue weighted by molar-refractivity contribution is 0.375. The van der Waals surface area contributed by atoms with Crippen molar-refractivity contribution in [1.82, 2.24) is 15.3 Å². The quantitative estimate of drug-likeness (QED) is 0.767. The minimum atomic E-state index is 0.381. The van der Waals surface area contributed by atoms with Crippen LogP contribution in [-0.2, 0) is 0 Å². The number of hydrogen-bond donors (Lipinski definition) is 1. The standard InChI is InChI=1S/C10H15N3O/c1-7-6-12-10(14-2)13-9(7)8-4-3-5-11-8/h6,8,11H,3-5H2,1-2H3. The van der Waals surface area contributed by atoms with Crippen LogP contribution >= 0.6 is 0 Å². The summed E-state index contributed by atoms with van der Waals surface area (Å²) in [6, 6.07) is 0.839. The number of aromatic nitrogens is 2. The SMILES string of the molecule is COc1ncc(C)c(C2CCCN2)n1. The Bertz CT molecular complexity index is 321. The van der Waals surface area contributed by atoms with E-state index in [-0.39, 0.29) is 0 Å². The van der Waals surface area contributed by atoms with E-state index in [1.807, 2.05) is 13.1 Å². The summed E-state index contributed by atoms with van der Waals surface area (Å²) in [5.41, 5.74) is 2.21. The normalized spacial score (nSPS) is 21.1. The molecule has 1 saturated heterocycles. The zero-order valence-corrected chi connectivity index (χ0v) is 8.58. The van der Waals surface area contributed by atoms with Crippen LogP contribution in [-0.4, -0.2) is 23.6 Å². The Morgan fingerprint density at radius 2 is 2.43 bits per heavy atom. The molecule has 0 spiro atoms. The second kappa shape index (κ2) is 3.92. The average molecular weight is 193 g/mol. The van der Waals surface area contributed by atoms with Gasteiger partial charge >= 0.3 is 6.01 Å². The van der Waals surface area contributed by atoms with Gasteiger partial charge in [0.1, 0.15) is 0 Å². The molecule has 1 aliphatic rings. The highest BCUT2D eigenvalue weighted by molar-refractivity contribution is 5.21. The van der Waals surface area contributed by atoms with Crippen LogP contribution in [0.3, 0.4) is 0 Å². The van der Waals surface area contributed by atoms with Gasteiger partial charge in [0.2, 0.25) is 0 Å². The largest absolute Gasteiger partial charge is 0.467 e. The van der Waals surface area contributed by atoms with Gasteiger partial charge in [-0.3, -0.25) is 0 Å². The van der Waals surface area contributed by atoms with Crippen molar-refractivity contribution in [2.45, 2.75) is 25.8 Å². The molecule has 2 heterocycles. The highest BCUT2D eigenvalue weighted by atomic mass is 16.5. The molecule has 0 amide bonds. The lowest BCUT2D eigenvalue weighted by Gasteiger charge is -2.12. The van der Waals surface area contributed by atoms with E-state index >= 15 is 0 Å². The fourth-order valence-electron chi connectivity index (χ4n) is 1.81. The first-order chi connectivity index (χ1) is 6.81. The van der Waals surface area contributed by atoms with Gasteiger partial charge in [0, 0.05) is 6.20 Å². The topological polar surface area (TPSA) is 47.0 Å². The van der Waals surface area contributed by atoms with Gasteiger partial charge in [0.05, 0.1) is 18.8 Å². The van der Waals surface area contributed by atoms with Gasteiger partial charge in [-0.1, -0.05) is 0 Å². The summed E-state index contributed by atoms with van der Waals surface area (Å²) in [6.45, 7) is 3.12. The Morgan fingerprint density at radius 1 is 1.57 bits per heavy atom. The Labute approximate surface area is 83.7 Å². The third-order valence-electron chi connectivity index (χ3n) is 2.56. The molecule has 1 aliphatic heterocycles. The predicted molar refractivity (Wildman–Crippen MR) is 53.3 cm³/mol. The van der Waals surface area contributed by atoms with Crippen LogP contribution in [0.5, 0.6) is 6.01 Å². The molecule has 1 N–H and O–H groups in total. The molecular formula is C10H15N3O. The van der Waals surface area contributed by atoms with Crippen LogP contribution in [0.1, 0.15) is 30.1 Å². The first-order valence-electron chi connectivity index (χ1n) is 4.92. The summed E-state index contributed by atoms with van der Waals surface area (Å²) in [5.74, 6) is 0. The molecule has 0 saturated carbocycles. The van der Waals surface area contributed by atoms with Gasteiger partial charge in [-0.15, -0.1) is 0 Å². The smallest absolute Gasteiger partial charge is 0.316 e. The van der Waals surface area contributed by atoms with Crippen LogP contribution in [0.15, 0.2) is 6.20 Å². The molecule has 1 unspecified atom stereocenters. The highest BCUT2D eigenvalue weighted by Gasteiger charge is 2.20. The molecule has 2 rings (SSSR count). The third-order valence-corrected chi connectivity index (χ3v) is 2.56. The maximum atomic E-state index is 5.02. The number of ether oxygens (including phenoxy) is 1. The first-order valence-corrected chi connectivity index (χ1v) is 4.92. The predicted octanol–water partition coefficient (Wildman–Crippen LogP) is 1.22. The van der Waals surface area contributed by atoms with Crippen molar-refractivity contribution < 1.29 is 4.74 Å². The molecule has 1 fully saturated rings. The summed E-state index contributed by atoms with van der Waals surface area (Å²) < 4.78 is 5.02. The monoisotopic (exact) mass is 193 g/mol. The van der Waals surface area contributed by atoms with Gasteiger partial charge in [-0.05, 0) is 31.9 Å². The fraction of sp³-hybridized carbons (Fsp3) is 0.600. The summed E-state index contributed by atoms with van der Waals surface area (Å²) in [6.07, 6.45) is 4.19. The second-order valence-electron chi connectivity index (χ2n) is 3.57. The number of methoxy groups -OCH3 is 1. The summed E-state index contributed by atoms with van der Waals surface area (Å²) in [7, 11) is 1.59. The van der Waals surface area contributed by atoms with Crippen LogP contribution in [0, 0.1) is 6.92 Å². The molecule has 0 aliphatic carbocycles. The maximum absolute atomic E-state index is 5.02. The van der Waals surface area contributed by atoms with Gasteiger partial charge in [0.25, 0.3) is 0 Å². The number of aryl methyl sites for hydroxylation is 1. The van der Waals surface area contributed by atoms with Crippen LogP contribution < -0.4 is 10.1 Å².